The maximum atomic E-state index is 12.1. The van der Waals surface area contributed by atoms with E-state index in [1.807, 2.05) is 0 Å². The van der Waals surface area contributed by atoms with Crippen LogP contribution in [-0.2, 0) is 10.0 Å². The lowest BCUT2D eigenvalue weighted by Gasteiger charge is -2.35. The lowest BCUT2D eigenvalue weighted by molar-refractivity contribution is 0.296. The third kappa shape index (κ3) is 3.42. The Labute approximate surface area is 104 Å². The van der Waals surface area contributed by atoms with Gasteiger partial charge < -0.3 is 5.73 Å². The van der Waals surface area contributed by atoms with E-state index in [0.717, 1.165) is 38.5 Å². The van der Waals surface area contributed by atoms with Crippen molar-refractivity contribution in [1.82, 2.24) is 4.72 Å². The van der Waals surface area contributed by atoms with E-state index in [1.165, 1.54) is 19.3 Å². The molecule has 0 atom stereocenters. The lowest BCUT2D eigenvalue weighted by atomic mass is 9.85. The van der Waals surface area contributed by atoms with Gasteiger partial charge in [0.05, 0.1) is 5.25 Å². The Morgan fingerprint density at radius 3 is 2.06 bits per heavy atom. The maximum absolute atomic E-state index is 12.1. The zero-order valence-electron chi connectivity index (χ0n) is 10.5. The van der Waals surface area contributed by atoms with Crippen molar-refractivity contribution in [2.24, 2.45) is 5.73 Å². The molecule has 4 nitrogen and oxygen atoms in total. The quantitative estimate of drug-likeness (QED) is 0.805. The molecule has 5 heteroatoms. The van der Waals surface area contributed by atoms with Gasteiger partial charge in [0.15, 0.2) is 0 Å². The van der Waals surface area contributed by atoms with Gasteiger partial charge in [-0.25, -0.2) is 13.1 Å². The van der Waals surface area contributed by atoms with E-state index in [1.54, 1.807) is 0 Å². The first kappa shape index (κ1) is 13.3. The number of hydrogen-bond acceptors (Lipinski definition) is 3. The Bertz CT molecular complexity index is 342. The van der Waals surface area contributed by atoms with Gasteiger partial charge in [0.1, 0.15) is 0 Å². The van der Waals surface area contributed by atoms with Crippen molar-refractivity contribution in [3.63, 3.8) is 0 Å². The largest absolute Gasteiger partial charge is 0.329 e. The van der Waals surface area contributed by atoms with Crippen molar-refractivity contribution in [1.29, 1.82) is 0 Å². The summed E-state index contributed by atoms with van der Waals surface area (Å²) in [7, 11) is -3.12. The van der Waals surface area contributed by atoms with Crippen LogP contribution in [0.1, 0.15) is 57.8 Å². The number of nitrogens with one attached hydrogen (secondary N) is 1. The minimum absolute atomic E-state index is 0.142. The van der Waals surface area contributed by atoms with E-state index in [0.29, 0.717) is 6.54 Å². The smallest absolute Gasteiger partial charge is 0.215 e. The van der Waals surface area contributed by atoms with Crippen LogP contribution in [-0.4, -0.2) is 25.8 Å². The third-order valence-corrected chi connectivity index (χ3v) is 6.09. The molecule has 17 heavy (non-hydrogen) atoms. The lowest BCUT2D eigenvalue weighted by Crippen LogP contribution is -2.54. The van der Waals surface area contributed by atoms with E-state index in [4.69, 9.17) is 5.73 Å². The average Bonchev–Trinajstić information content (AvgIpc) is 3.06. The molecule has 0 heterocycles. The molecule has 0 aromatic heterocycles. The van der Waals surface area contributed by atoms with Crippen LogP contribution in [0, 0.1) is 0 Å². The van der Waals surface area contributed by atoms with Gasteiger partial charge in [0, 0.05) is 12.1 Å². The molecule has 100 valence electrons. The number of sulfonamides is 1. The summed E-state index contributed by atoms with van der Waals surface area (Å²) in [5, 5.41) is -0.142. The van der Waals surface area contributed by atoms with Crippen molar-refractivity contribution in [3.05, 3.63) is 0 Å². The van der Waals surface area contributed by atoms with Gasteiger partial charge in [-0.1, -0.05) is 32.1 Å². The minimum Gasteiger partial charge on any atom is -0.329 e. The zero-order chi connectivity index (χ0) is 12.4. The van der Waals surface area contributed by atoms with Gasteiger partial charge in [-0.05, 0) is 25.7 Å². The van der Waals surface area contributed by atoms with Crippen LogP contribution < -0.4 is 10.5 Å². The molecule has 0 radical (unpaired) electrons. The van der Waals surface area contributed by atoms with Crippen LogP contribution in [0.3, 0.4) is 0 Å². The van der Waals surface area contributed by atoms with E-state index < -0.39 is 10.0 Å². The highest BCUT2D eigenvalue weighted by molar-refractivity contribution is 7.90. The second kappa shape index (κ2) is 5.24. The summed E-state index contributed by atoms with van der Waals surface area (Å²) in [6, 6.07) is 0. The molecule has 0 amide bonds. The van der Waals surface area contributed by atoms with Crippen molar-refractivity contribution in [2.45, 2.75) is 68.6 Å². The summed E-state index contributed by atoms with van der Waals surface area (Å²) in [6.45, 7) is 0.430. The van der Waals surface area contributed by atoms with Crippen molar-refractivity contribution in [3.8, 4) is 0 Å². The van der Waals surface area contributed by atoms with E-state index >= 15 is 0 Å². The average molecular weight is 260 g/mol. The van der Waals surface area contributed by atoms with Crippen molar-refractivity contribution in [2.75, 3.05) is 6.54 Å². The van der Waals surface area contributed by atoms with Crippen LogP contribution in [0.2, 0.25) is 0 Å². The van der Waals surface area contributed by atoms with Gasteiger partial charge >= 0.3 is 0 Å². The first-order valence-electron chi connectivity index (χ1n) is 6.81. The second-order valence-corrected chi connectivity index (χ2v) is 7.56. The fourth-order valence-electron chi connectivity index (χ4n) is 2.69. The standard InChI is InChI=1S/C12H24N2O2S/c13-10-12(8-4-2-1-3-5-9-12)14-17(15,16)11-6-7-11/h11,14H,1-10,13H2. The Morgan fingerprint density at radius 2 is 1.59 bits per heavy atom. The Hall–Kier alpha value is -0.130. The monoisotopic (exact) mass is 260 g/mol. The van der Waals surface area contributed by atoms with Crippen LogP contribution in [0.15, 0.2) is 0 Å². The molecule has 0 spiro atoms. The second-order valence-electron chi connectivity index (χ2n) is 5.60. The van der Waals surface area contributed by atoms with E-state index in [2.05, 4.69) is 4.72 Å². The normalized spacial score (nSPS) is 26.2. The highest BCUT2D eigenvalue weighted by Crippen LogP contribution is 2.32. The van der Waals surface area contributed by atoms with Gasteiger partial charge in [0.2, 0.25) is 10.0 Å². The van der Waals surface area contributed by atoms with Crippen LogP contribution in [0.5, 0.6) is 0 Å². The molecule has 0 saturated heterocycles. The maximum Gasteiger partial charge on any atom is 0.215 e. The van der Waals surface area contributed by atoms with Crippen LogP contribution >= 0.6 is 0 Å². The fourth-order valence-corrected chi connectivity index (χ4v) is 4.51. The summed E-state index contributed by atoms with van der Waals surface area (Å²) in [4.78, 5) is 0. The summed E-state index contributed by atoms with van der Waals surface area (Å²) in [5.41, 5.74) is 5.50. The van der Waals surface area contributed by atoms with Gasteiger partial charge in [-0.15, -0.1) is 0 Å². The molecule has 2 fully saturated rings. The molecule has 0 aromatic rings. The van der Waals surface area contributed by atoms with Crippen LogP contribution in [0.4, 0.5) is 0 Å². The molecule has 0 bridgehead atoms. The summed E-state index contributed by atoms with van der Waals surface area (Å²) >= 11 is 0. The van der Waals surface area contributed by atoms with Gasteiger partial charge in [-0.2, -0.15) is 0 Å². The molecule has 0 aliphatic heterocycles. The van der Waals surface area contributed by atoms with Crippen molar-refractivity contribution >= 4 is 10.0 Å². The number of rotatable bonds is 4. The first-order chi connectivity index (χ1) is 8.08. The summed E-state index contributed by atoms with van der Waals surface area (Å²) < 4.78 is 27.0. The SMILES string of the molecule is NCC1(NS(=O)(=O)C2CC2)CCCCCCC1. The molecule has 0 unspecified atom stereocenters. The number of hydrogen-bond donors (Lipinski definition) is 2. The Balaban J connectivity index is 2.05. The molecule has 2 aliphatic carbocycles. The highest BCUT2D eigenvalue weighted by atomic mass is 32.2. The Morgan fingerprint density at radius 1 is 1.06 bits per heavy atom. The molecular formula is C12H24N2O2S. The molecule has 2 aliphatic rings. The minimum atomic E-state index is -3.12. The third-order valence-electron chi connectivity index (χ3n) is 4.02. The number of nitrogens with two attached hydrogens (primary N) is 1. The Kier molecular flexibility index (Phi) is 4.10. The predicted molar refractivity (Wildman–Crippen MR) is 69.2 cm³/mol. The highest BCUT2D eigenvalue weighted by Gasteiger charge is 2.41. The molecule has 3 N–H and O–H groups in total. The topological polar surface area (TPSA) is 72.2 Å². The predicted octanol–water partition coefficient (Wildman–Crippen LogP) is 1.51. The first-order valence-corrected chi connectivity index (χ1v) is 8.35. The van der Waals surface area contributed by atoms with Crippen LogP contribution in [0.25, 0.3) is 0 Å². The fraction of sp³-hybridized carbons (Fsp3) is 1.00. The van der Waals surface area contributed by atoms with Gasteiger partial charge in [0.25, 0.3) is 0 Å². The summed E-state index contributed by atoms with van der Waals surface area (Å²) in [6.07, 6.45) is 9.28. The van der Waals surface area contributed by atoms with E-state index in [9.17, 15) is 8.42 Å². The van der Waals surface area contributed by atoms with Gasteiger partial charge in [-0.3, -0.25) is 0 Å². The molecule has 2 saturated carbocycles. The molecular weight excluding hydrogens is 236 g/mol. The van der Waals surface area contributed by atoms with Crippen molar-refractivity contribution < 1.29 is 8.42 Å². The van der Waals surface area contributed by atoms with E-state index in [-0.39, 0.29) is 10.8 Å². The summed E-state index contributed by atoms with van der Waals surface area (Å²) in [5.74, 6) is 0. The molecule has 2 rings (SSSR count). The zero-order valence-corrected chi connectivity index (χ0v) is 11.3. The molecule has 0 aromatic carbocycles.